The molecule has 1 rings (SSSR count). The minimum Gasteiger partial charge on any atom is -0.330 e. The maximum absolute atomic E-state index is 12.3. The lowest BCUT2D eigenvalue weighted by atomic mass is 9.87. The van der Waals surface area contributed by atoms with Crippen molar-refractivity contribution in [3.8, 4) is 0 Å². The first-order valence-corrected chi connectivity index (χ1v) is 9.17. The van der Waals surface area contributed by atoms with Crippen LogP contribution in [0.1, 0.15) is 53.0 Å². The van der Waals surface area contributed by atoms with Gasteiger partial charge in [0.15, 0.2) is 9.84 Å². The Hall–Kier alpha value is -0.870. The molecular weight excluding hydrogens is 282 g/mol. The molecule has 0 saturated heterocycles. The van der Waals surface area contributed by atoms with Crippen molar-refractivity contribution in [1.82, 2.24) is 0 Å². The fourth-order valence-corrected chi connectivity index (χ4v) is 3.43. The summed E-state index contributed by atoms with van der Waals surface area (Å²) in [5.74, 6) is 0.186. The molecule has 0 saturated carbocycles. The van der Waals surface area contributed by atoms with E-state index in [0.29, 0.717) is 17.9 Å². The number of hydrogen-bond acceptors (Lipinski definition) is 3. The van der Waals surface area contributed by atoms with Gasteiger partial charge in [-0.25, -0.2) is 8.42 Å². The maximum Gasteiger partial charge on any atom is 0.178 e. The second kappa shape index (κ2) is 6.49. The third-order valence-corrected chi connectivity index (χ3v) is 5.72. The Morgan fingerprint density at radius 2 is 1.52 bits per heavy atom. The lowest BCUT2D eigenvalue weighted by Gasteiger charge is -2.22. The van der Waals surface area contributed by atoms with Crippen LogP contribution in [0, 0.1) is 5.41 Å². The lowest BCUT2D eigenvalue weighted by molar-refractivity contribution is 0.344. The summed E-state index contributed by atoms with van der Waals surface area (Å²) in [5, 5.41) is 0. The molecule has 0 spiro atoms. The summed E-state index contributed by atoms with van der Waals surface area (Å²) in [6.07, 6.45) is 1.47. The molecule has 0 radical (unpaired) electrons. The highest BCUT2D eigenvalue weighted by Crippen LogP contribution is 2.25. The van der Waals surface area contributed by atoms with Crippen molar-refractivity contribution in [3.05, 3.63) is 29.8 Å². The van der Waals surface area contributed by atoms with E-state index in [-0.39, 0.29) is 16.6 Å². The Bertz CT molecular complexity index is 551. The van der Waals surface area contributed by atoms with E-state index < -0.39 is 9.84 Å². The molecule has 1 aromatic carbocycles. The summed E-state index contributed by atoms with van der Waals surface area (Å²) in [7, 11) is -3.19. The molecule has 1 aromatic rings. The average molecular weight is 311 g/mol. The third-order valence-electron chi connectivity index (χ3n) is 3.90. The molecule has 0 unspecified atom stereocenters. The van der Waals surface area contributed by atoms with Crippen LogP contribution in [0.5, 0.6) is 0 Å². The third kappa shape index (κ3) is 5.44. The number of rotatable bonds is 6. The zero-order valence-electron chi connectivity index (χ0n) is 13.9. The van der Waals surface area contributed by atoms with Crippen molar-refractivity contribution in [3.63, 3.8) is 0 Å². The molecule has 0 aliphatic heterocycles. The fraction of sp³-hybridized carbons (Fsp3) is 0.647. The first-order chi connectivity index (χ1) is 9.48. The second-order valence-corrected chi connectivity index (χ2v) is 9.67. The van der Waals surface area contributed by atoms with Gasteiger partial charge in [-0.1, -0.05) is 46.8 Å². The molecule has 21 heavy (non-hydrogen) atoms. The summed E-state index contributed by atoms with van der Waals surface area (Å²) in [6.45, 7) is 11.1. The number of hydrogen-bond donors (Lipinski definition) is 1. The van der Waals surface area contributed by atoms with Crippen molar-refractivity contribution < 1.29 is 8.42 Å². The molecular formula is C17H29NO2S. The first kappa shape index (κ1) is 18.2. The quantitative estimate of drug-likeness (QED) is 0.874. The summed E-state index contributed by atoms with van der Waals surface area (Å²) in [4.78, 5) is 0.418. The van der Waals surface area contributed by atoms with Gasteiger partial charge in [0, 0.05) is 0 Å². The molecule has 120 valence electrons. The van der Waals surface area contributed by atoms with Gasteiger partial charge in [0.1, 0.15) is 0 Å². The van der Waals surface area contributed by atoms with Crippen molar-refractivity contribution in [1.29, 1.82) is 0 Å². The standard InChI is InChI=1S/C17H29NO2S/c1-16(2,3)14-7-9-15(10-8-14)21(19,20)12-6-11-17(4,5)13-18/h7-10H,6,11-13,18H2,1-5H3. The van der Waals surface area contributed by atoms with E-state index in [0.717, 1.165) is 12.0 Å². The lowest BCUT2D eigenvalue weighted by Crippen LogP contribution is -2.24. The topological polar surface area (TPSA) is 60.2 Å². The van der Waals surface area contributed by atoms with E-state index in [9.17, 15) is 8.42 Å². The van der Waals surface area contributed by atoms with Gasteiger partial charge in [-0.05, 0) is 47.9 Å². The van der Waals surface area contributed by atoms with Crippen LogP contribution >= 0.6 is 0 Å². The largest absolute Gasteiger partial charge is 0.330 e. The van der Waals surface area contributed by atoms with E-state index >= 15 is 0 Å². The molecule has 0 aromatic heterocycles. The summed E-state index contributed by atoms with van der Waals surface area (Å²) in [5.41, 5.74) is 6.86. The van der Waals surface area contributed by atoms with Crippen molar-refractivity contribution >= 4 is 9.84 Å². The summed E-state index contributed by atoms with van der Waals surface area (Å²) >= 11 is 0. The Labute approximate surface area is 129 Å². The SMILES string of the molecule is CC(C)(CN)CCCS(=O)(=O)c1ccc(C(C)(C)C)cc1. The highest BCUT2D eigenvalue weighted by atomic mass is 32.2. The normalized spacial score (nSPS) is 13.4. The highest BCUT2D eigenvalue weighted by Gasteiger charge is 2.20. The molecule has 2 N–H and O–H groups in total. The smallest absolute Gasteiger partial charge is 0.178 e. The molecule has 0 bridgehead atoms. The van der Waals surface area contributed by atoms with E-state index in [1.807, 2.05) is 12.1 Å². The molecule has 0 aliphatic carbocycles. The Kier molecular flexibility index (Phi) is 5.62. The minimum absolute atomic E-state index is 0.00557. The van der Waals surface area contributed by atoms with Crippen LogP contribution < -0.4 is 5.73 Å². The van der Waals surface area contributed by atoms with Gasteiger partial charge in [-0.2, -0.15) is 0 Å². The van der Waals surface area contributed by atoms with Crippen molar-refractivity contribution in [2.75, 3.05) is 12.3 Å². The van der Waals surface area contributed by atoms with Crippen LogP contribution in [-0.2, 0) is 15.3 Å². The van der Waals surface area contributed by atoms with Crippen LogP contribution in [0.25, 0.3) is 0 Å². The Balaban J connectivity index is 2.75. The van der Waals surface area contributed by atoms with E-state index in [2.05, 4.69) is 34.6 Å². The number of benzene rings is 1. The van der Waals surface area contributed by atoms with Gasteiger partial charge in [0.05, 0.1) is 10.6 Å². The average Bonchev–Trinajstić information content (AvgIpc) is 2.37. The van der Waals surface area contributed by atoms with Gasteiger partial charge < -0.3 is 5.73 Å². The van der Waals surface area contributed by atoms with Crippen molar-refractivity contribution in [2.24, 2.45) is 11.1 Å². The summed E-state index contributed by atoms with van der Waals surface area (Å²) in [6, 6.07) is 7.28. The van der Waals surface area contributed by atoms with Crippen LogP contribution in [0.2, 0.25) is 0 Å². The summed E-state index contributed by atoms with van der Waals surface area (Å²) < 4.78 is 24.7. The molecule has 0 heterocycles. The van der Waals surface area contributed by atoms with E-state index in [1.165, 1.54) is 0 Å². The highest BCUT2D eigenvalue weighted by molar-refractivity contribution is 7.91. The zero-order valence-corrected chi connectivity index (χ0v) is 14.8. The Morgan fingerprint density at radius 3 is 1.95 bits per heavy atom. The van der Waals surface area contributed by atoms with Gasteiger partial charge in [0.25, 0.3) is 0 Å². The van der Waals surface area contributed by atoms with Gasteiger partial charge in [-0.3, -0.25) is 0 Å². The van der Waals surface area contributed by atoms with Crippen LogP contribution in [0.4, 0.5) is 0 Å². The molecule has 3 nitrogen and oxygen atoms in total. The molecule has 0 aliphatic rings. The van der Waals surface area contributed by atoms with Crippen LogP contribution in [-0.4, -0.2) is 20.7 Å². The van der Waals surface area contributed by atoms with Crippen LogP contribution in [0.3, 0.4) is 0 Å². The van der Waals surface area contributed by atoms with Gasteiger partial charge in [0.2, 0.25) is 0 Å². The minimum atomic E-state index is -3.19. The maximum atomic E-state index is 12.3. The van der Waals surface area contributed by atoms with E-state index in [1.54, 1.807) is 12.1 Å². The van der Waals surface area contributed by atoms with E-state index in [4.69, 9.17) is 5.73 Å². The molecule has 0 atom stereocenters. The van der Waals surface area contributed by atoms with Gasteiger partial charge >= 0.3 is 0 Å². The predicted molar refractivity (Wildman–Crippen MR) is 89.3 cm³/mol. The van der Waals surface area contributed by atoms with Gasteiger partial charge in [-0.15, -0.1) is 0 Å². The monoisotopic (exact) mass is 311 g/mol. The van der Waals surface area contributed by atoms with Crippen LogP contribution in [0.15, 0.2) is 29.2 Å². The number of sulfone groups is 1. The zero-order chi connectivity index (χ0) is 16.3. The number of nitrogens with two attached hydrogens (primary N) is 1. The molecule has 0 fully saturated rings. The molecule has 4 heteroatoms. The first-order valence-electron chi connectivity index (χ1n) is 7.51. The molecule has 0 amide bonds. The predicted octanol–water partition coefficient (Wildman–Crippen LogP) is 3.52. The fourth-order valence-electron chi connectivity index (χ4n) is 2.12. The van der Waals surface area contributed by atoms with Crippen molar-refractivity contribution in [2.45, 2.75) is 57.8 Å². The Morgan fingerprint density at radius 1 is 1.00 bits per heavy atom. The second-order valence-electron chi connectivity index (χ2n) is 7.57.